The van der Waals surface area contributed by atoms with Crippen molar-refractivity contribution in [2.45, 2.75) is 31.8 Å². The van der Waals surface area contributed by atoms with E-state index in [-0.39, 0.29) is 0 Å². The second kappa shape index (κ2) is 4.22. The van der Waals surface area contributed by atoms with Gasteiger partial charge in [0.15, 0.2) is 0 Å². The summed E-state index contributed by atoms with van der Waals surface area (Å²) in [6, 6.07) is 14.7. The molecule has 0 aliphatic heterocycles. The molecule has 0 bridgehead atoms. The average molecular weight is 258 g/mol. The van der Waals surface area contributed by atoms with Crippen LogP contribution in [0.2, 0.25) is 0 Å². The van der Waals surface area contributed by atoms with E-state index in [1.165, 1.54) is 10.4 Å². The summed E-state index contributed by atoms with van der Waals surface area (Å²) >= 11 is 1.71. The summed E-state index contributed by atoms with van der Waals surface area (Å²) in [5, 5.41) is 10.8. The molecule has 3 unspecified atom stereocenters. The fourth-order valence-electron chi connectivity index (χ4n) is 2.77. The standard InChI is InChI=1S/C16H18OS/c1-11-8-9-15(18-11)16(2,17)14-10-13(14)12-6-4-3-5-7-12/h3-9,13-14,17H,10H2,1-2H3. The molecule has 2 heteroatoms. The number of hydrogen-bond donors (Lipinski definition) is 1. The molecule has 18 heavy (non-hydrogen) atoms. The summed E-state index contributed by atoms with van der Waals surface area (Å²) in [5.74, 6) is 0.876. The lowest BCUT2D eigenvalue weighted by Crippen LogP contribution is -2.23. The van der Waals surface area contributed by atoms with Crippen molar-refractivity contribution in [2.24, 2.45) is 5.92 Å². The van der Waals surface area contributed by atoms with Crippen molar-refractivity contribution >= 4 is 11.3 Å². The third kappa shape index (κ3) is 2.00. The van der Waals surface area contributed by atoms with Gasteiger partial charge >= 0.3 is 0 Å². The fraction of sp³-hybridized carbons (Fsp3) is 0.375. The van der Waals surface area contributed by atoms with Gasteiger partial charge in [-0.05, 0) is 49.8 Å². The number of aryl methyl sites for hydroxylation is 1. The molecule has 0 radical (unpaired) electrons. The highest BCUT2D eigenvalue weighted by Crippen LogP contribution is 2.57. The third-order valence-electron chi connectivity index (χ3n) is 3.98. The molecule has 1 heterocycles. The number of benzene rings is 1. The van der Waals surface area contributed by atoms with Crippen LogP contribution < -0.4 is 0 Å². The van der Waals surface area contributed by atoms with E-state index in [0.717, 1.165) is 11.3 Å². The average Bonchev–Trinajstić information content (AvgIpc) is 3.07. The predicted octanol–water partition coefficient (Wildman–Crippen LogP) is 4.07. The van der Waals surface area contributed by atoms with Crippen LogP contribution in [-0.4, -0.2) is 5.11 Å². The minimum atomic E-state index is -0.681. The molecule has 1 aromatic heterocycles. The Balaban J connectivity index is 1.81. The van der Waals surface area contributed by atoms with Crippen LogP contribution in [0.4, 0.5) is 0 Å². The zero-order chi connectivity index (χ0) is 12.8. The molecule has 3 atom stereocenters. The summed E-state index contributed by atoms with van der Waals surface area (Å²) in [6.45, 7) is 4.05. The normalized spacial score (nSPS) is 25.7. The van der Waals surface area contributed by atoms with Gasteiger partial charge in [0.1, 0.15) is 0 Å². The summed E-state index contributed by atoms with van der Waals surface area (Å²) < 4.78 is 0. The molecule has 1 fully saturated rings. The van der Waals surface area contributed by atoms with Crippen LogP contribution in [0.25, 0.3) is 0 Å². The molecule has 94 valence electrons. The van der Waals surface area contributed by atoms with Crippen molar-refractivity contribution < 1.29 is 5.11 Å². The minimum absolute atomic E-state index is 0.359. The Morgan fingerprint density at radius 1 is 1.17 bits per heavy atom. The first kappa shape index (κ1) is 11.9. The first-order chi connectivity index (χ1) is 8.59. The van der Waals surface area contributed by atoms with E-state index in [2.05, 4.69) is 43.3 Å². The lowest BCUT2D eigenvalue weighted by Gasteiger charge is -2.22. The maximum Gasteiger partial charge on any atom is 0.0993 e. The van der Waals surface area contributed by atoms with Crippen LogP contribution in [0.1, 0.15) is 34.6 Å². The maximum absolute atomic E-state index is 10.8. The van der Waals surface area contributed by atoms with Gasteiger partial charge in [-0.2, -0.15) is 0 Å². The van der Waals surface area contributed by atoms with Gasteiger partial charge in [0.2, 0.25) is 0 Å². The van der Waals surface area contributed by atoms with E-state index in [1.807, 2.05) is 13.0 Å². The van der Waals surface area contributed by atoms with Crippen molar-refractivity contribution in [1.82, 2.24) is 0 Å². The minimum Gasteiger partial charge on any atom is -0.384 e. The van der Waals surface area contributed by atoms with E-state index in [9.17, 15) is 5.11 Å². The summed E-state index contributed by atoms with van der Waals surface area (Å²) in [5.41, 5.74) is 0.676. The second-order valence-corrected chi connectivity index (χ2v) is 6.71. The van der Waals surface area contributed by atoms with Crippen LogP contribution in [0.5, 0.6) is 0 Å². The molecule has 2 aromatic rings. The largest absolute Gasteiger partial charge is 0.384 e. The Morgan fingerprint density at radius 2 is 1.89 bits per heavy atom. The SMILES string of the molecule is Cc1ccc(C(C)(O)C2CC2c2ccccc2)s1. The van der Waals surface area contributed by atoms with Gasteiger partial charge in [-0.15, -0.1) is 11.3 Å². The highest BCUT2D eigenvalue weighted by Gasteiger charge is 2.51. The van der Waals surface area contributed by atoms with Gasteiger partial charge in [-0.25, -0.2) is 0 Å². The lowest BCUT2D eigenvalue weighted by atomic mass is 9.95. The Hall–Kier alpha value is -1.12. The van der Waals surface area contributed by atoms with E-state index in [4.69, 9.17) is 0 Å². The van der Waals surface area contributed by atoms with Crippen LogP contribution in [0, 0.1) is 12.8 Å². The van der Waals surface area contributed by atoms with Gasteiger partial charge in [-0.1, -0.05) is 30.3 Å². The summed E-state index contributed by atoms with van der Waals surface area (Å²) in [4.78, 5) is 2.37. The maximum atomic E-state index is 10.8. The molecular formula is C16H18OS. The zero-order valence-corrected chi connectivity index (χ0v) is 11.6. The number of thiophene rings is 1. The van der Waals surface area contributed by atoms with Gasteiger partial charge in [0, 0.05) is 9.75 Å². The topological polar surface area (TPSA) is 20.2 Å². The van der Waals surface area contributed by atoms with E-state index in [1.54, 1.807) is 11.3 Å². The smallest absolute Gasteiger partial charge is 0.0993 e. The van der Waals surface area contributed by atoms with E-state index >= 15 is 0 Å². The monoisotopic (exact) mass is 258 g/mol. The molecular weight excluding hydrogens is 240 g/mol. The molecule has 1 aliphatic carbocycles. The van der Waals surface area contributed by atoms with Gasteiger partial charge < -0.3 is 5.11 Å². The van der Waals surface area contributed by atoms with Gasteiger partial charge in [0.25, 0.3) is 0 Å². The molecule has 1 saturated carbocycles. The van der Waals surface area contributed by atoms with Crippen molar-refractivity contribution in [3.63, 3.8) is 0 Å². The van der Waals surface area contributed by atoms with E-state index in [0.29, 0.717) is 11.8 Å². The summed E-state index contributed by atoms with van der Waals surface area (Å²) in [7, 11) is 0. The quantitative estimate of drug-likeness (QED) is 0.880. The third-order valence-corrected chi connectivity index (χ3v) is 5.21. The van der Waals surface area contributed by atoms with Gasteiger partial charge in [0.05, 0.1) is 5.60 Å². The molecule has 1 aliphatic rings. The summed E-state index contributed by atoms with van der Waals surface area (Å²) in [6.07, 6.45) is 1.09. The Morgan fingerprint density at radius 3 is 2.50 bits per heavy atom. The molecule has 0 amide bonds. The van der Waals surface area contributed by atoms with Crippen LogP contribution in [0.15, 0.2) is 42.5 Å². The van der Waals surface area contributed by atoms with E-state index < -0.39 is 5.60 Å². The first-order valence-electron chi connectivity index (χ1n) is 6.43. The predicted molar refractivity (Wildman–Crippen MR) is 75.9 cm³/mol. The molecule has 0 saturated heterocycles. The number of rotatable bonds is 3. The Kier molecular flexibility index (Phi) is 2.80. The first-order valence-corrected chi connectivity index (χ1v) is 7.25. The molecule has 1 N–H and O–H groups in total. The van der Waals surface area contributed by atoms with Gasteiger partial charge in [-0.3, -0.25) is 0 Å². The fourth-order valence-corrected chi connectivity index (χ4v) is 3.75. The molecule has 3 rings (SSSR count). The van der Waals surface area contributed by atoms with Crippen molar-refractivity contribution in [1.29, 1.82) is 0 Å². The highest BCUT2D eigenvalue weighted by molar-refractivity contribution is 7.12. The van der Waals surface area contributed by atoms with Crippen molar-refractivity contribution in [3.8, 4) is 0 Å². The molecule has 1 nitrogen and oxygen atoms in total. The van der Waals surface area contributed by atoms with Crippen LogP contribution >= 0.6 is 11.3 Å². The Labute approximate surface area is 112 Å². The number of aliphatic hydroxyl groups is 1. The van der Waals surface area contributed by atoms with Crippen LogP contribution in [0.3, 0.4) is 0 Å². The van der Waals surface area contributed by atoms with Crippen molar-refractivity contribution in [2.75, 3.05) is 0 Å². The molecule has 1 aromatic carbocycles. The molecule has 0 spiro atoms. The van der Waals surface area contributed by atoms with Crippen molar-refractivity contribution in [3.05, 3.63) is 57.8 Å². The number of hydrogen-bond acceptors (Lipinski definition) is 2. The lowest BCUT2D eigenvalue weighted by molar-refractivity contribution is 0.0346. The highest BCUT2D eigenvalue weighted by atomic mass is 32.1. The Bertz CT molecular complexity index is 541. The second-order valence-electron chi connectivity index (χ2n) is 5.42. The van der Waals surface area contributed by atoms with Crippen LogP contribution in [-0.2, 0) is 5.60 Å². The zero-order valence-electron chi connectivity index (χ0n) is 10.8.